The van der Waals surface area contributed by atoms with Gasteiger partial charge in [0.05, 0.1) is 5.69 Å². The van der Waals surface area contributed by atoms with Crippen molar-refractivity contribution in [1.29, 1.82) is 0 Å². The van der Waals surface area contributed by atoms with Gasteiger partial charge < -0.3 is 4.52 Å². The number of nitrogens with zero attached hydrogens (tertiary/aromatic N) is 1. The summed E-state index contributed by atoms with van der Waals surface area (Å²) in [7, 11) is 2.56. The van der Waals surface area contributed by atoms with E-state index in [2.05, 4.69) is 14.4 Å². The lowest BCUT2D eigenvalue weighted by Crippen LogP contribution is -1.91. The summed E-state index contributed by atoms with van der Waals surface area (Å²) in [5.41, 5.74) is 3.42. The van der Waals surface area contributed by atoms with Crippen LogP contribution in [0, 0.1) is 0 Å². The van der Waals surface area contributed by atoms with Crippen molar-refractivity contribution in [3.05, 3.63) is 11.3 Å². The minimum Gasteiger partial charge on any atom is -0.357 e. The highest BCUT2D eigenvalue weighted by Crippen LogP contribution is 2.19. The van der Waals surface area contributed by atoms with Crippen LogP contribution in [0.25, 0.3) is 0 Å². The molecule has 0 N–H and O–H groups in total. The zero-order valence-electron chi connectivity index (χ0n) is 5.05. The van der Waals surface area contributed by atoms with Crippen LogP contribution >= 0.6 is 9.24 Å². The molecule has 1 aliphatic rings. The maximum absolute atomic E-state index is 4.95. The molecule has 9 heavy (non-hydrogen) atoms. The second-order valence-electron chi connectivity index (χ2n) is 2.33. The lowest BCUT2D eigenvalue weighted by atomic mass is 10.3. The minimum absolute atomic E-state index is 0.933. The summed E-state index contributed by atoms with van der Waals surface area (Å²) < 4.78 is 4.95. The number of hydrogen-bond donors (Lipinski definition) is 0. The van der Waals surface area contributed by atoms with Crippen LogP contribution in [0.4, 0.5) is 0 Å². The third-order valence-electron chi connectivity index (χ3n) is 1.74. The predicted molar refractivity (Wildman–Crippen MR) is 37.9 cm³/mol. The van der Waals surface area contributed by atoms with Crippen LogP contribution in [-0.4, -0.2) is 5.16 Å². The Balaban J connectivity index is 2.56. The molecule has 0 aromatic carbocycles. The van der Waals surface area contributed by atoms with Gasteiger partial charge in [-0.1, -0.05) is 14.4 Å². The molecule has 0 fully saturated rings. The van der Waals surface area contributed by atoms with E-state index >= 15 is 0 Å². The molecule has 1 atom stereocenters. The summed E-state index contributed by atoms with van der Waals surface area (Å²) in [6, 6.07) is 0. The average molecular weight is 141 g/mol. The molecule has 3 heteroatoms. The summed E-state index contributed by atoms with van der Waals surface area (Å²) in [5, 5.41) is 3.90. The fraction of sp³-hybridized carbons (Fsp3) is 0.500. The summed E-state index contributed by atoms with van der Waals surface area (Å²) >= 11 is 0. The Morgan fingerprint density at radius 3 is 3.11 bits per heavy atom. The lowest BCUT2D eigenvalue weighted by molar-refractivity contribution is 0.435. The molecule has 0 saturated heterocycles. The Bertz CT molecular complexity index is 231. The number of rotatable bonds is 0. The monoisotopic (exact) mass is 141 g/mol. The van der Waals surface area contributed by atoms with Crippen molar-refractivity contribution >= 4 is 14.7 Å². The highest BCUT2D eigenvalue weighted by molar-refractivity contribution is 7.26. The van der Waals surface area contributed by atoms with Gasteiger partial charge in [0.2, 0.25) is 0 Å². The molecule has 0 spiro atoms. The van der Waals surface area contributed by atoms with Gasteiger partial charge in [-0.05, 0) is 19.3 Å². The third kappa shape index (κ3) is 0.699. The van der Waals surface area contributed by atoms with Gasteiger partial charge in [-0.3, -0.25) is 0 Å². The van der Waals surface area contributed by atoms with Gasteiger partial charge in [0.25, 0.3) is 0 Å². The van der Waals surface area contributed by atoms with Crippen LogP contribution < -0.4 is 5.50 Å². The van der Waals surface area contributed by atoms with Crippen molar-refractivity contribution in [2.24, 2.45) is 0 Å². The van der Waals surface area contributed by atoms with E-state index in [1.807, 2.05) is 0 Å². The van der Waals surface area contributed by atoms with Crippen LogP contribution in [-0.2, 0) is 12.8 Å². The average Bonchev–Trinajstić information content (AvgIpc) is 2.35. The first-order valence-corrected chi connectivity index (χ1v) is 3.68. The largest absolute Gasteiger partial charge is 0.357 e. The minimum atomic E-state index is 0.933. The van der Waals surface area contributed by atoms with E-state index in [1.165, 1.54) is 17.7 Å². The van der Waals surface area contributed by atoms with Crippen molar-refractivity contribution in [2.45, 2.75) is 19.3 Å². The molecule has 2 nitrogen and oxygen atoms in total. The van der Waals surface area contributed by atoms with Crippen molar-refractivity contribution in [3.8, 4) is 0 Å². The maximum atomic E-state index is 4.95. The molecule has 0 radical (unpaired) electrons. The van der Waals surface area contributed by atoms with Gasteiger partial charge in [0, 0.05) is 5.56 Å². The molecule has 0 amide bonds. The van der Waals surface area contributed by atoms with Gasteiger partial charge >= 0.3 is 0 Å². The van der Waals surface area contributed by atoms with Gasteiger partial charge in [-0.2, -0.15) is 0 Å². The van der Waals surface area contributed by atoms with Crippen molar-refractivity contribution in [1.82, 2.24) is 5.16 Å². The van der Waals surface area contributed by atoms with E-state index in [0.29, 0.717) is 0 Å². The molecule has 0 aliphatic heterocycles. The van der Waals surface area contributed by atoms with Crippen LogP contribution in [0.15, 0.2) is 4.52 Å². The summed E-state index contributed by atoms with van der Waals surface area (Å²) in [6.07, 6.45) is 3.50. The summed E-state index contributed by atoms with van der Waals surface area (Å²) in [5.74, 6) is 0. The molecule has 2 rings (SSSR count). The predicted octanol–water partition coefficient (Wildman–Crippen LogP) is 0.664. The van der Waals surface area contributed by atoms with E-state index in [4.69, 9.17) is 4.52 Å². The van der Waals surface area contributed by atoms with Crippen LogP contribution in [0.2, 0.25) is 0 Å². The SMILES string of the molecule is Pc1onc2c1CCC2. The van der Waals surface area contributed by atoms with Crippen LogP contribution in [0.3, 0.4) is 0 Å². The highest BCUT2D eigenvalue weighted by Gasteiger charge is 2.17. The lowest BCUT2D eigenvalue weighted by Gasteiger charge is -1.83. The topological polar surface area (TPSA) is 26.0 Å². The Kier molecular flexibility index (Phi) is 1.09. The van der Waals surface area contributed by atoms with Crippen LogP contribution in [0.5, 0.6) is 0 Å². The van der Waals surface area contributed by atoms with Gasteiger partial charge in [-0.25, -0.2) is 0 Å². The Morgan fingerprint density at radius 2 is 2.33 bits per heavy atom. The van der Waals surface area contributed by atoms with Gasteiger partial charge in [-0.15, -0.1) is 0 Å². The van der Waals surface area contributed by atoms with E-state index in [0.717, 1.165) is 18.3 Å². The summed E-state index contributed by atoms with van der Waals surface area (Å²) in [4.78, 5) is 0. The third-order valence-corrected chi connectivity index (χ3v) is 2.19. The number of hydrogen-bond acceptors (Lipinski definition) is 2. The van der Waals surface area contributed by atoms with E-state index in [-0.39, 0.29) is 0 Å². The van der Waals surface area contributed by atoms with Crippen molar-refractivity contribution in [2.75, 3.05) is 0 Å². The van der Waals surface area contributed by atoms with Crippen LogP contribution in [0.1, 0.15) is 17.7 Å². The van der Waals surface area contributed by atoms with Crippen molar-refractivity contribution in [3.63, 3.8) is 0 Å². The smallest absolute Gasteiger partial charge is 0.155 e. The zero-order valence-corrected chi connectivity index (χ0v) is 6.21. The second kappa shape index (κ2) is 1.81. The number of aromatic nitrogens is 1. The molecule has 1 aliphatic carbocycles. The molecule has 1 aromatic rings. The fourth-order valence-electron chi connectivity index (χ4n) is 1.25. The standard InChI is InChI=1S/C6H8NOP/c9-6-4-2-1-3-5(4)7-8-6/h1-3,9H2. The van der Waals surface area contributed by atoms with E-state index in [9.17, 15) is 0 Å². The number of fused-ring (bicyclic) bond motifs is 1. The molecule has 48 valence electrons. The first-order valence-electron chi connectivity index (χ1n) is 3.11. The second-order valence-corrected chi connectivity index (χ2v) is 2.85. The maximum Gasteiger partial charge on any atom is 0.155 e. The number of aryl methyl sites for hydroxylation is 1. The Hall–Kier alpha value is -0.360. The summed E-state index contributed by atoms with van der Waals surface area (Å²) in [6.45, 7) is 0. The Labute approximate surface area is 55.8 Å². The highest BCUT2D eigenvalue weighted by atomic mass is 31.0. The van der Waals surface area contributed by atoms with Gasteiger partial charge in [0.1, 0.15) is 0 Å². The molecular weight excluding hydrogens is 133 g/mol. The Morgan fingerprint density at radius 1 is 1.44 bits per heavy atom. The molecule has 0 bridgehead atoms. The zero-order chi connectivity index (χ0) is 6.27. The van der Waals surface area contributed by atoms with E-state index < -0.39 is 0 Å². The quantitative estimate of drug-likeness (QED) is 0.496. The molecule has 1 aromatic heterocycles. The van der Waals surface area contributed by atoms with Gasteiger partial charge in [0.15, 0.2) is 5.50 Å². The van der Waals surface area contributed by atoms with E-state index in [1.54, 1.807) is 0 Å². The first kappa shape index (κ1) is 5.43. The molecular formula is C6H8NOP. The molecule has 1 heterocycles. The normalized spacial score (nSPS) is 16.1. The molecule has 0 saturated carbocycles. The fourth-order valence-corrected chi connectivity index (χ4v) is 1.62. The molecule has 1 unspecified atom stereocenters. The first-order chi connectivity index (χ1) is 4.38. The van der Waals surface area contributed by atoms with Crippen molar-refractivity contribution < 1.29 is 4.52 Å².